The molecule has 0 saturated carbocycles. The molecule has 0 saturated heterocycles. The Labute approximate surface area is 128 Å². The summed E-state index contributed by atoms with van der Waals surface area (Å²) in [5.41, 5.74) is 1.07. The molecule has 0 atom stereocenters. The third-order valence-corrected chi connectivity index (χ3v) is 5.06. The van der Waals surface area contributed by atoms with Crippen molar-refractivity contribution in [2.24, 2.45) is 5.92 Å². The lowest BCUT2D eigenvalue weighted by Gasteiger charge is -1.98. The number of hydrogen-bond donors (Lipinski definition) is 1. The van der Waals surface area contributed by atoms with Gasteiger partial charge >= 0.3 is 0 Å². The van der Waals surface area contributed by atoms with Crippen LogP contribution in [0.2, 0.25) is 0 Å². The fourth-order valence-corrected chi connectivity index (χ4v) is 4.01. The molecule has 2 heterocycles. The molecule has 0 fully saturated rings. The van der Waals surface area contributed by atoms with Crippen molar-refractivity contribution in [3.8, 4) is 9.88 Å². The standard InChI is InChI=1S/C14H22N4S2/c1-5-6-7-15-14-18-17-13(20-14)12-10(4)16-11(19-12)8-9(2)3/h9H,5-8H2,1-4H3,(H,15,18). The molecule has 0 radical (unpaired) electrons. The van der Waals surface area contributed by atoms with E-state index in [4.69, 9.17) is 0 Å². The molecule has 0 aliphatic heterocycles. The molecule has 2 aromatic heterocycles. The van der Waals surface area contributed by atoms with E-state index in [2.05, 4.69) is 48.2 Å². The van der Waals surface area contributed by atoms with Crippen LogP contribution < -0.4 is 5.32 Å². The number of nitrogens with zero attached hydrogens (tertiary/aromatic N) is 3. The molecule has 1 N–H and O–H groups in total. The minimum absolute atomic E-state index is 0.633. The fourth-order valence-electron chi connectivity index (χ4n) is 1.85. The van der Waals surface area contributed by atoms with Crippen molar-refractivity contribution >= 4 is 27.8 Å². The van der Waals surface area contributed by atoms with Gasteiger partial charge in [0.15, 0.2) is 5.01 Å². The highest BCUT2D eigenvalue weighted by atomic mass is 32.1. The van der Waals surface area contributed by atoms with Crippen LogP contribution >= 0.6 is 22.7 Å². The van der Waals surface area contributed by atoms with Gasteiger partial charge in [-0.15, -0.1) is 21.5 Å². The maximum absolute atomic E-state index is 4.65. The van der Waals surface area contributed by atoms with E-state index in [0.29, 0.717) is 5.92 Å². The van der Waals surface area contributed by atoms with Crippen molar-refractivity contribution in [2.75, 3.05) is 11.9 Å². The van der Waals surface area contributed by atoms with Crippen LogP contribution in [0.4, 0.5) is 5.13 Å². The summed E-state index contributed by atoms with van der Waals surface area (Å²) in [6.45, 7) is 9.64. The van der Waals surface area contributed by atoms with Crippen molar-refractivity contribution in [3.63, 3.8) is 0 Å². The zero-order valence-electron chi connectivity index (χ0n) is 12.6. The number of rotatable bonds is 7. The first kappa shape index (κ1) is 15.4. The number of anilines is 1. The molecule has 0 unspecified atom stereocenters. The summed E-state index contributed by atoms with van der Waals surface area (Å²) in [6.07, 6.45) is 3.38. The average molecular weight is 310 g/mol. The second-order valence-corrected chi connectivity index (χ2v) is 7.37. The minimum atomic E-state index is 0.633. The molecule has 20 heavy (non-hydrogen) atoms. The van der Waals surface area contributed by atoms with Crippen molar-refractivity contribution in [1.82, 2.24) is 15.2 Å². The van der Waals surface area contributed by atoms with Gasteiger partial charge in [0.05, 0.1) is 15.6 Å². The van der Waals surface area contributed by atoms with E-state index in [9.17, 15) is 0 Å². The molecule has 2 aromatic rings. The van der Waals surface area contributed by atoms with Crippen LogP contribution in [0.15, 0.2) is 0 Å². The molecule has 0 aliphatic rings. The van der Waals surface area contributed by atoms with Gasteiger partial charge in [0.25, 0.3) is 0 Å². The highest BCUT2D eigenvalue weighted by Gasteiger charge is 2.15. The quantitative estimate of drug-likeness (QED) is 0.771. The van der Waals surface area contributed by atoms with E-state index in [0.717, 1.165) is 35.2 Å². The third kappa shape index (κ3) is 3.99. The van der Waals surface area contributed by atoms with Crippen LogP contribution in [-0.4, -0.2) is 21.7 Å². The number of hydrogen-bond acceptors (Lipinski definition) is 6. The zero-order chi connectivity index (χ0) is 14.5. The number of nitrogens with one attached hydrogen (secondary N) is 1. The maximum Gasteiger partial charge on any atom is 0.206 e. The van der Waals surface area contributed by atoms with Gasteiger partial charge in [-0.2, -0.15) is 0 Å². The molecule has 2 rings (SSSR count). The van der Waals surface area contributed by atoms with E-state index in [1.54, 1.807) is 22.7 Å². The van der Waals surface area contributed by atoms with Gasteiger partial charge in [-0.25, -0.2) is 4.98 Å². The molecule has 0 aliphatic carbocycles. The van der Waals surface area contributed by atoms with Crippen LogP contribution in [0.5, 0.6) is 0 Å². The van der Waals surface area contributed by atoms with Crippen LogP contribution in [0.1, 0.15) is 44.3 Å². The van der Waals surface area contributed by atoms with Gasteiger partial charge < -0.3 is 5.32 Å². The SMILES string of the molecule is CCCCNc1nnc(-c2sc(CC(C)C)nc2C)s1. The van der Waals surface area contributed by atoms with Crippen molar-refractivity contribution < 1.29 is 0 Å². The summed E-state index contributed by atoms with van der Waals surface area (Å²) >= 11 is 3.37. The van der Waals surface area contributed by atoms with E-state index in [1.807, 2.05) is 0 Å². The minimum Gasteiger partial charge on any atom is -0.360 e. The predicted molar refractivity (Wildman–Crippen MR) is 87.7 cm³/mol. The number of thiazole rings is 1. The second-order valence-electron chi connectivity index (χ2n) is 5.31. The average Bonchev–Trinajstić information content (AvgIpc) is 2.96. The Morgan fingerprint density at radius 1 is 1.20 bits per heavy atom. The zero-order valence-corrected chi connectivity index (χ0v) is 14.2. The summed E-state index contributed by atoms with van der Waals surface area (Å²) in [6, 6.07) is 0. The van der Waals surface area contributed by atoms with E-state index >= 15 is 0 Å². The lowest BCUT2D eigenvalue weighted by Crippen LogP contribution is -1.99. The molecular formula is C14H22N4S2. The Morgan fingerprint density at radius 3 is 2.70 bits per heavy atom. The first-order valence-corrected chi connectivity index (χ1v) is 8.77. The van der Waals surface area contributed by atoms with E-state index in [-0.39, 0.29) is 0 Å². The Morgan fingerprint density at radius 2 is 2.00 bits per heavy atom. The lowest BCUT2D eigenvalue weighted by molar-refractivity contribution is 0.643. The summed E-state index contributed by atoms with van der Waals surface area (Å²) in [7, 11) is 0. The molecule has 0 aromatic carbocycles. The highest BCUT2D eigenvalue weighted by molar-refractivity contribution is 7.23. The van der Waals surface area contributed by atoms with Crippen LogP contribution in [0.25, 0.3) is 9.88 Å². The Kier molecular flexibility index (Phi) is 5.48. The maximum atomic E-state index is 4.65. The Hall–Kier alpha value is -1.01. The van der Waals surface area contributed by atoms with Crippen molar-refractivity contribution in [1.29, 1.82) is 0 Å². The monoisotopic (exact) mass is 310 g/mol. The summed E-state index contributed by atoms with van der Waals surface area (Å²) in [4.78, 5) is 5.82. The van der Waals surface area contributed by atoms with Gasteiger partial charge in [-0.1, -0.05) is 38.5 Å². The van der Waals surface area contributed by atoms with Crippen LogP contribution in [-0.2, 0) is 6.42 Å². The Balaban J connectivity index is 2.09. The fraction of sp³-hybridized carbons (Fsp3) is 0.643. The molecule has 0 amide bonds. The molecule has 6 heteroatoms. The molecule has 110 valence electrons. The van der Waals surface area contributed by atoms with Crippen molar-refractivity contribution in [3.05, 3.63) is 10.7 Å². The summed E-state index contributed by atoms with van der Waals surface area (Å²) < 4.78 is 0. The normalized spacial score (nSPS) is 11.2. The van der Waals surface area contributed by atoms with Gasteiger partial charge in [0, 0.05) is 13.0 Å². The third-order valence-electron chi connectivity index (χ3n) is 2.85. The molecule has 0 bridgehead atoms. The molecule has 4 nitrogen and oxygen atoms in total. The number of unbranched alkanes of at least 4 members (excludes halogenated alkanes) is 1. The number of aromatic nitrogens is 3. The van der Waals surface area contributed by atoms with Crippen LogP contribution in [0.3, 0.4) is 0 Å². The first-order chi connectivity index (χ1) is 9.60. The molecular weight excluding hydrogens is 288 g/mol. The Bertz CT molecular complexity index is 545. The van der Waals surface area contributed by atoms with Gasteiger partial charge in [0.2, 0.25) is 5.13 Å². The van der Waals surface area contributed by atoms with Gasteiger partial charge in [-0.05, 0) is 19.3 Å². The topological polar surface area (TPSA) is 50.7 Å². The molecule has 0 spiro atoms. The first-order valence-electron chi connectivity index (χ1n) is 7.14. The number of aryl methyl sites for hydroxylation is 1. The smallest absolute Gasteiger partial charge is 0.206 e. The van der Waals surface area contributed by atoms with Crippen molar-refractivity contribution in [2.45, 2.75) is 47.0 Å². The summed E-state index contributed by atoms with van der Waals surface area (Å²) in [5.74, 6) is 0.633. The van der Waals surface area contributed by atoms with Gasteiger partial charge in [-0.3, -0.25) is 0 Å². The van der Waals surface area contributed by atoms with Gasteiger partial charge in [0.1, 0.15) is 0 Å². The second kappa shape index (κ2) is 7.13. The van der Waals surface area contributed by atoms with E-state index < -0.39 is 0 Å². The lowest BCUT2D eigenvalue weighted by atomic mass is 10.1. The van der Waals surface area contributed by atoms with E-state index in [1.165, 1.54) is 16.3 Å². The largest absolute Gasteiger partial charge is 0.360 e. The predicted octanol–water partition coefficient (Wildman–Crippen LogP) is 4.38. The summed E-state index contributed by atoms with van der Waals surface area (Å²) in [5, 5.41) is 14.9. The van der Waals surface area contributed by atoms with Crippen LogP contribution in [0, 0.1) is 12.8 Å². The highest BCUT2D eigenvalue weighted by Crippen LogP contribution is 2.34.